The third kappa shape index (κ3) is 3.24. The molecule has 1 amide bonds. The van der Waals surface area contributed by atoms with Crippen molar-refractivity contribution in [3.63, 3.8) is 0 Å². The lowest BCUT2D eigenvalue weighted by atomic mass is 9.86. The number of amides is 1. The summed E-state index contributed by atoms with van der Waals surface area (Å²) < 4.78 is 0. The topological polar surface area (TPSA) is 29.1 Å². The molecule has 0 saturated carbocycles. The van der Waals surface area contributed by atoms with Gasteiger partial charge in [0.15, 0.2) is 0 Å². The van der Waals surface area contributed by atoms with Crippen LogP contribution in [0.1, 0.15) is 40.0 Å². The summed E-state index contributed by atoms with van der Waals surface area (Å²) in [5.41, 5.74) is 0.408. The summed E-state index contributed by atoms with van der Waals surface area (Å²) in [4.78, 5) is 10.9. The molecule has 0 radical (unpaired) electrons. The normalized spacial score (nSPS) is 24.2. The molecule has 1 heterocycles. The second-order valence-corrected chi connectivity index (χ2v) is 4.97. The van der Waals surface area contributed by atoms with Crippen LogP contribution in [-0.2, 0) is 4.79 Å². The van der Waals surface area contributed by atoms with E-state index in [9.17, 15) is 4.79 Å². The average molecular weight is 169 g/mol. The fraction of sp³-hybridized carbons (Fsp3) is 0.900. The van der Waals surface area contributed by atoms with E-state index in [1.807, 2.05) is 0 Å². The van der Waals surface area contributed by atoms with Gasteiger partial charge in [-0.25, -0.2) is 0 Å². The fourth-order valence-electron chi connectivity index (χ4n) is 1.51. The van der Waals surface area contributed by atoms with Gasteiger partial charge in [-0.05, 0) is 24.2 Å². The molecule has 70 valence electrons. The molecule has 1 atom stereocenters. The smallest absolute Gasteiger partial charge is 0.220 e. The molecule has 1 saturated heterocycles. The molecule has 1 aliphatic heterocycles. The van der Waals surface area contributed by atoms with Crippen molar-refractivity contribution in [3.8, 4) is 0 Å². The summed E-state index contributed by atoms with van der Waals surface area (Å²) in [6.07, 6.45) is 3.14. The minimum Gasteiger partial charge on any atom is -0.356 e. The van der Waals surface area contributed by atoms with Crippen LogP contribution in [0, 0.1) is 11.3 Å². The van der Waals surface area contributed by atoms with Crippen molar-refractivity contribution in [3.05, 3.63) is 0 Å². The Morgan fingerprint density at radius 1 is 1.50 bits per heavy atom. The van der Waals surface area contributed by atoms with E-state index in [1.54, 1.807) is 0 Å². The Bertz CT molecular complexity index is 169. The third-order valence-corrected chi connectivity index (χ3v) is 2.36. The number of carbonyl (C=O) groups is 1. The fourth-order valence-corrected chi connectivity index (χ4v) is 1.51. The SMILES string of the molecule is CC(C)(C)CCC1CNC(=O)C1. The van der Waals surface area contributed by atoms with Gasteiger partial charge in [0, 0.05) is 13.0 Å². The van der Waals surface area contributed by atoms with Crippen molar-refractivity contribution in [2.75, 3.05) is 6.54 Å². The second kappa shape index (κ2) is 3.46. The zero-order valence-corrected chi connectivity index (χ0v) is 8.31. The Labute approximate surface area is 74.7 Å². The zero-order chi connectivity index (χ0) is 9.19. The van der Waals surface area contributed by atoms with Gasteiger partial charge in [0.05, 0.1) is 0 Å². The molecule has 1 N–H and O–H groups in total. The molecule has 1 rings (SSSR count). The highest BCUT2D eigenvalue weighted by atomic mass is 16.1. The summed E-state index contributed by atoms with van der Waals surface area (Å²) in [7, 11) is 0. The lowest BCUT2D eigenvalue weighted by molar-refractivity contribution is -0.119. The first-order chi connectivity index (χ1) is 5.47. The van der Waals surface area contributed by atoms with Gasteiger partial charge in [-0.2, -0.15) is 0 Å². The molecule has 2 nitrogen and oxygen atoms in total. The van der Waals surface area contributed by atoms with Crippen molar-refractivity contribution >= 4 is 5.91 Å². The molecular weight excluding hydrogens is 150 g/mol. The summed E-state index contributed by atoms with van der Waals surface area (Å²) in [5, 5.41) is 2.87. The molecule has 0 aromatic carbocycles. The third-order valence-electron chi connectivity index (χ3n) is 2.36. The maximum atomic E-state index is 10.9. The molecule has 12 heavy (non-hydrogen) atoms. The van der Waals surface area contributed by atoms with Gasteiger partial charge in [0.2, 0.25) is 5.91 Å². The summed E-state index contributed by atoms with van der Waals surface area (Å²) in [5.74, 6) is 0.825. The number of hydrogen-bond donors (Lipinski definition) is 1. The van der Waals surface area contributed by atoms with Gasteiger partial charge in [-0.1, -0.05) is 20.8 Å². The molecule has 1 fully saturated rings. The van der Waals surface area contributed by atoms with Crippen LogP contribution in [0.3, 0.4) is 0 Å². The van der Waals surface area contributed by atoms with Crippen LogP contribution in [0.15, 0.2) is 0 Å². The standard InChI is InChI=1S/C10H19NO/c1-10(2,3)5-4-8-6-9(12)11-7-8/h8H,4-7H2,1-3H3,(H,11,12). The largest absolute Gasteiger partial charge is 0.356 e. The maximum absolute atomic E-state index is 10.9. The zero-order valence-electron chi connectivity index (χ0n) is 8.31. The molecule has 0 aromatic rings. The van der Waals surface area contributed by atoms with E-state index in [4.69, 9.17) is 0 Å². The predicted molar refractivity (Wildman–Crippen MR) is 49.8 cm³/mol. The van der Waals surface area contributed by atoms with Gasteiger partial charge in [0.1, 0.15) is 0 Å². The highest BCUT2D eigenvalue weighted by Crippen LogP contribution is 2.25. The highest BCUT2D eigenvalue weighted by Gasteiger charge is 2.22. The van der Waals surface area contributed by atoms with Crippen LogP contribution in [0.2, 0.25) is 0 Å². The highest BCUT2D eigenvalue weighted by molar-refractivity contribution is 5.78. The van der Waals surface area contributed by atoms with Gasteiger partial charge < -0.3 is 5.32 Å². The van der Waals surface area contributed by atoms with Gasteiger partial charge >= 0.3 is 0 Å². The lowest BCUT2D eigenvalue weighted by Crippen LogP contribution is -2.14. The van der Waals surface area contributed by atoms with Crippen molar-refractivity contribution in [1.29, 1.82) is 0 Å². The first kappa shape index (κ1) is 9.56. The summed E-state index contributed by atoms with van der Waals surface area (Å²) in [6.45, 7) is 7.64. The quantitative estimate of drug-likeness (QED) is 0.672. The van der Waals surface area contributed by atoms with E-state index in [1.165, 1.54) is 12.8 Å². The summed E-state index contributed by atoms with van der Waals surface area (Å²) >= 11 is 0. The van der Waals surface area contributed by atoms with E-state index in [0.717, 1.165) is 13.0 Å². The predicted octanol–water partition coefficient (Wildman–Crippen LogP) is 1.95. The lowest BCUT2D eigenvalue weighted by Gasteiger charge is -2.19. The van der Waals surface area contributed by atoms with E-state index >= 15 is 0 Å². The van der Waals surface area contributed by atoms with Crippen LogP contribution in [0.4, 0.5) is 0 Å². The first-order valence-electron chi connectivity index (χ1n) is 4.74. The van der Waals surface area contributed by atoms with Crippen LogP contribution >= 0.6 is 0 Å². The van der Waals surface area contributed by atoms with Crippen molar-refractivity contribution in [2.24, 2.45) is 11.3 Å². The Morgan fingerprint density at radius 3 is 2.58 bits per heavy atom. The summed E-state index contributed by atoms with van der Waals surface area (Å²) in [6, 6.07) is 0. The van der Waals surface area contributed by atoms with E-state index < -0.39 is 0 Å². The van der Waals surface area contributed by atoms with E-state index in [0.29, 0.717) is 11.3 Å². The van der Waals surface area contributed by atoms with Crippen LogP contribution in [0.25, 0.3) is 0 Å². The van der Waals surface area contributed by atoms with E-state index in [2.05, 4.69) is 26.1 Å². The second-order valence-electron chi connectivity index (χ2n) is 4.97. The van der Waals surface area contributed by atoms with Gasteiger partial charge in [-0.15, -0.1) is 0 Å². The molecule has 1 aliphatic rings. The first-order valence-corrected chi connectivity index (χ1v) is 4.74. The average Bonchev–Trinajstić information content (AvgIpc) is 2.30. The number of hydrogen-bond acceptors (Lipinski definition) is 1. The van der Waals surface area contributed by atoms with E-state index in [-0.39, 0.29) is 5.91 Å². The molecule has 0 spiro atoms. The minimum absolute atomic E-state index is 0.230. The number of nitrogens with one attached hydrogen (secondary N) is 1. The van der Waals surface area contributed by atoms with Gasteiger partial charge in [0.25, 0.3) is 0 Å². The monoisotopic (exact) mass is 169 g/mol. The molecule has 2 heteroatoms. The van der Waals surface area contributed by atoms with Crippen molar-refractivity contribution < 1.29 is 4.79 Å². The number of rotatable bonds is 2. The molecular formula is C10H19NO. The molecule has 0 aromatic heterocycles. The molecule has 0 aliphatic carbocycles. The molecule has 0 bridgehead atoms. The Hall–Kier alpha value is -0.530. The van der Waals surface area contributed by atoms with Crippen LogP contribution < -0.4 is 5.32 Å². The molecule has 1 unspecified atom stereocenters. The van der Waals surface area contributed by atoms with Crippen LogP contribution in [-0.4, -0.2) is 12.5 Å². The number of carbonyl (C=O) groups excluding carboxylic acids is 1. The Balaban J connectivity index is 2.20. The van der Waals surface area contributed by atoms with Crippen LogP contribution in [0.5, 0.6) is 0 Å². The maximum Gasteiger partial charge on any atom is 0.220 e. The van der Waals surface area contributed by atoms with Gasteiger partial charge in [-0.3, -0.25) is 4.79 Å². The Kier molecular flexibility index (Phi) is 2.76. The van der Waals surface area contributed by atoms with Crippen molar-refractivity contribution in [2.45, 2.75) is 40.0 Å². The Morgan fingerprint density at radius 2 is 2.17 bits per heavy atom. The minimum atomic E-state index is 0.230. The van der Waals surface area contributed by atoms with Crippen molar-refractivity contribution in [1.82, 2.24) is 5.32 Å².